The normalized spacial score (nSPS) is 11.2. The quantitative estimate of drug-likeness (QED) is 0.581. The molecule has 0 aliphatic rings. The largest absolute Gasteiger partial charge is 0.382 e. The highest BCUT2D eigenvalue weighted by atomic mass is 16.1. The Balaban J connectivity index is 1.64. The van der Waals surface area contributed by atoms with Gasteiger partial charge in [-0.15, -0.1) is 0 Å². The predicted molar refractivity (Wildman–Crippen MR) is 103 cm³/mol. The number of anilines is 1. The van der Waals surface area contributed by atoms with Gasteiger partial charge in [-0.2, -0.15) is 0 Å². The Labute approximate surface area is 150 Å². The van der Waals surface area contributed by atoms with Gasteiger partial charge in [0.15, 0.2) is 5.82 Å². The van der Waals surface area contributed by atoms with Gasteiger partial charge in [-0.25, -0.2) is 9.97 Å². The molecule has 6 heteroatoms. The predicted octanol–water partition coefficient (Wildman–Crippen LogP) is 2.90. The van der Waals surface area contributed by atoms with Crippen molar-refractivity contribution in [2.24, 2.45) is 5.73 Å². The van der Waals surface area contributed by atoms with Gasteiger partial charge < -0.3 is 16.0 Å². The van der Waals surface area contributed by atoms with E-state index in [0.29, 0.717) is 11.4 Å². The summed E-state index contributed by atoms with van der Waals surface area (Å²) in [7, 11) is 0. The molecule has 0 aliphatic heterocycles. The molecular formula is C20H19N5O. The van der Waals surface area contributed by atoms with Crippen molar-refractivity contribution in [2.45, 2.75) is 19.4 Å². The van der Waals surface area contributed by atoms with Gasteiger partial charge in [-0.05, 0) is 30.5 Å². The number of nitrogens with zero attached hydrogens (tertiary/aromatic N) is 3. The number of pyridine rings is 1. The van der Waals surface area contributed by atoms with E-state index in [2.05, 4.69) is 14.5 Å². The lowest BCUT2D eigenvalue weighted by molar-refractivity contribution is 0.0999. The van der Waals surface area contributed by atoms with E-state index >= 15 is 0 Å². The van der Waals surface area contributed by atoms with Crippen molar-refractivity contribution in [1.29, 1.82) is 0 Å². The topological polar surface area (TPSA) is 99.8 Å². The number of imidazole rings is 1. The number of hydrogen-bond donors (Lipinski definition) is 2. The van der Waals surface area contributed by atoms with Crippen molar-refractivity contribution >= 4 is 33.7 Å². The molecule has 0 saturated carbocycles. The number of carbonyl (C=O) groups is 1. The van der Waals surface area contributed by atoms with Crippen LogP contribution in [0.3, 0.4) is 0 Å². The Morgan fingerprint density at radius 1 is 1.08 bits per heavy atom. The molecule has 130 valence electrons. The van der Waals surface area contributed by atoms with E-state index in [1.165, 1.54) is 0 Å². The Bertz CT molecular complexity index is 1120. The lowest BCUT2D eigenvalue weighted by Gasteiger charge is -2.09. The maximum absolute atomic E-state index is 11.6. The second kappa shape index (κ2) is 6.48. The molecule has 0 atom stereocenters. The zero-order valence-corrected chi connectivity index (χ0v) is 14.2. The van der Waals surface area contributed by atoms with Crippen LogP contribution in [0.5, 0.6) is 0 Å². The Morgan fingerprint density at radius 2 is 1.85 bits per heavy atom. The first kappa shape index (κ1) is 16.1. The second-order valence-corrected chi connectivity index (χ2v) is 6.27. The standard InChI is InChI=1S/C20H19N5O/c21-19-17-18(15-9-3-4-10-16(15)24-19)25(12-23-17)11-5-7-13-6-1-2-8-14(13)20(22)26/h1-4,6,8-10,12H,5,7,11H2,(H2,21,24)(H2,22,26). The average Bonchev–Trinajstić information content (AvgIpc) is 3.07. The molecule has 26 heavy (non-hydrogen) atoms. The first-order valence-corrected chi connectivity index (χ1v) is 8.52. The molecule has 0 radical (unpaired) electrons. The maximum Gasteiger partial charge on any atom is 0.248 e. The van der Waals surface area contributed by atoms with E-state index in [-0.39, 0.29) is 0 Å². The van der Waals surface area contributed by atoms with Gasteiger partial charge in [-0.3, -0.25) is 4.79 Å². The lowest BCUT2D eigenvalue weighted by Crippen LogP contribution is -2.13. The van der Waals surface area contributed by atoms with Crippen LogP contribution in [0.15, 0.2) is 54.9 Å². The van der Waals surface area contributed by atoms with Crippen molar-refractivity contribution in [1.82, 2.24) is 14.5 Å². The van der Waals surface area contributed by atoms with Crippen molar-refractivity contribution in [3.8, 4) is 0 Å². The molecule has 4 N–H and O–H groups in total. The van der Waals surface area contributed by atoms with Crippen LogP contribution in [-0.2, 0) is 13.0 Å². The molecule has 0 aliphatic carbocycles. The van der Waals surface area contributed by atoms with Gasteiger partial charge in [0.2, 0.25) is 5.91 Å². The van der Waals surface area contributed by atoms with Crippen molar-refractivity contribution < 1.29 is 4.79 Å². The third-order valence-electron chi connectivity index (χ3n) is 4.61. The minimum Gasteiger partial charge on any atom is -0.382 e. The molecular weight excluding hydrogens is 326 g/mol. The van der Waals surface area contributed by atoms with Crippen LogP contribution in [-0.4, -0.2) is 20.4 Å². The number of aryl methyl sites for hydroxylation is 2. The fourth-order valence-corrected chi connectivity index (χ4v) is 3.39. The number of nitrogens with two attached hydrogens (primary N) is 2. The number of aromatic nitrogens is 3. The number of para-hydroxylation sites is 1. The Morgan fingerprint density at radius 3 is 2.69 bits per heavy atom. The molecule has 0 fully saturated rings. The molecule has 2 aromatic carbocycles. The zero-order valence-electron chi connectivity index (χ0n) is 14.2. The van der Waals surface area contributed by atoms with Gasteiger partial charge in [0.1, 0.15) is 5.52 Å². The number of fused-ring (bicyclic) bond motifs is 3. The summed E-state index contributed by atoms with van der Waals surface area (Å²) in [5.41, 5.74) is 15.7. The molecule has 2 aromatic heterocycles. The first-order valence-electron chi connectivity index (χ1n) is 8.52. The molecule has 1 amide bonds. The fourth-order valence-electron chi connectivity index (χ4n) is 3.39. The minimum atomic E-state index is -0.390. The highest BCUT2D eigenvalue weighted by Crippen LogP contribution is 2.27. The van der Waals surface area contributed by atoms with Gasteiger partial charge >= 0.3 is 0 Å². The summed E-state index contributed by atoms with van der Waals surface area (Å²) >= 11 is 0. The van der Waals surface area contributed by atoms with E-state index in [1.54, 1.807) is 12.4 Å². The van der Waals surface area contributed by atoms with Crippen LogP contribution in [0.25, 0.3) is 21.9 Å². The maximum atomic E-state index is 11.6. The van der Waals surface area contributed by atoms with E-state index in [9.17, 15) is 4.79 Å². The van der Waals surface area contributed by atoms with Crippen molar-refractivity contribution in [3.05, 3.63) is 66.0 Å². The molecule has 0 saturated heterocycles. The highest BCUT2D eigenvalue weighted by Gasteiger charge is 2.12. The third kappa shape index (κ3) is 2.75. The third-order valence-corrected chi connectivity index (χ3v) is 4.61. The molecule has 4 rings (SSSR count). The van der Waals surface area contributed by atoms with Gasteiger partial charge in [-0.1, -0.05) is 36.4 Å². The lowest BCUT2D eigenvalue weighted by atomic mass is 10.0. The van der Waals surface area contributed by atoms with E-state index in [1.807, 2.05) is 42.5 Å². The van der Waals surface area contributed by atoms with Gasteiger partial charge in [0, 0.05) is 17.5 Å². The summed E-state index contributed by atoms with van der Waals surface area (Å²) in [4.78, 5) is 20.4. The number of carbonyl (C=O) groups excluding carboxylic acids is 1. The summed E-state index contributed by atoms with van der Waals surface area (Å²) in [6.07, 6.45) is 3.42. The number of primary amides is 1. The molecule has 0 spiro atoms. The summed E-state index contributed by atoms with van der Waals surface area (Å²) in [5.74, 6) is 0.0510. The second-order valence-electron chi connectivity index (χ2n) is 6.27. The smallest absolute Gasteiger partial charge is 0.248 e. The number of benzene rings is 2. The number of nitrogen functional groups attached to an aromatic ring is 1. The summed E-state index contributed by atoms with van der Waals surface area (Å²) < 4.78 is 2.10. The van der Waals surface area contributed by atoms with E-state index in [4.69, 9.17) is 11.5 Å². The molecule has 0 bridgehead atoms. The van der Waals surface area contributed by atoms with E-state index in [0.717, 1.165) is 46.9 Å². The summed E-state index contributed by atoms with van der Waals surface area (Å²) in [6.45, 7) is 0.761. The fraction of sp³-hybridized carbons (Fsp3) is 0.150. The molecule has 0 unspecified atom stereocenters. The van der Waals surface area contributed by atoms with Crippen LogP contribution in [0.4, 0.5) is 5.82 Å². The summed E-state index contributed by atoms with van der Waals surface area (Å²) in [6, 6.07) is 15.4. The number of amides is 1. The van der Waals surface area contributed by atoms with Gasteiger partial charge in [0.05, 0.1) is 17.4 Å². The monoisotopic (exact) mass is 345 g/mol. The van der Waals surface area contributed by atoms with Crippen LogP contribution in [0.1, 0.15) is 22.3 Å². The van der Waals surface area contributed by atoms with Crippen molar-refractivity contribution in [3.63, 3.8) is 0 Å². The Kier molecular flexibility index (Phi) is 4.01. The summed E-state index contributed by atoms with van der Waals surface area (Å²) in [5, 5.41) is 1.03. The molecule has 4 aromatic rings. The SMILES string of the molecule is NC(=O)c1ccccc1CCCn1cnc2c(N)nc3ccccc3c21. The van der Waals surface area contributed by atoms with Crippen LogP contribution in [0.2, 0.25) is 0 Å². The Hall–Kier alpha value is -3.41. The first-order chi connectivity index (χ1) is 12.6. The number of rotatable bonds is 5. The average molecular weight is 345 g/mol. The van der Waals surface area contributed by atoms with Crippen LogP contribution < -0.4 is 11.5 Å². The molecule has 6 nitrogen and oxygen atoms in total. The van der Waals surface area contributed by atoms with Crippen LogP contribution in [0, 0.1) is 0 Å². The highest BCUT2D eigenvalue weighted by molar-refractivity contribution is 6.06. The molecule has 2 heterocycles. The zero-order chi connectivity index (χ0) is 18.1. The van der Waals surface area contributed by atoms with Crippen LogP contribution >= 0.6 is 0 Å². The number of hydrogen-bond acceptors (Lipinski definition) is 4. The van der Waals surface area contributed by atoms with Gasteiger partial charge in [0.25, 0.3) is 0 Å². The van der Waals surface area contributed by atoms with E-state index < -0.39 is 5.91 Å². The van der Waals surface area contributed by atoms with Crippen molar-refractivity contribution in [2.75, 3.05) is 5.73 Å². The minimum absolute atomic E-state index is 0.390.